The van der Waals surface area contributed by atoms with Crippen molar-refractivity contribution in [2.45, 2.75) is 5.88 Å². The molecule has 0 aliphatic rings. The van der Waals surface area contributed by atoms with E-state index in [1.54, 1.807) is 0 Å². The molecule has 0 unspecified atom stereocenters. The molecule has 0 N–H and O–H groups in total. The van der Waals surface area contributed by atoms with E-state index in [0.29, 0.717) is 10.9 Å². The molecule has 0 atom stereocenters. The summed E-state index contributed by atoms with van der Waals surface area (Å²) < 4.78 is 3.24. The van der Waals surface area contributed by atoms with Crippen LogP contribution in [0.15, 0.2) is 42.5 Å². The minimum absolute atomic E-state index is 0.359. The van der Waals surface area contributed by atoms with E-state index < -0.39 is 0 Å². The molecule has 0 saturated heterocycles. The molecule has 2 aromatic carbocycles. The normalized spacial score (nSPS) is 11.1. The van der Waals surface area contributed by atoms with Crippen LogP contribution in [0.3, 0.4) is 0 Å². The van der Waals surface area contributed by atoms with E-state index in [9.17, 15) is 0 Å². The van der Waals surface area contributed by atoms with Crippen LogP contribution in [0.25, 0.3) is 16.7 Å². The first-order valence-electron chi connectivity index (χ1n) is 5.68. The van der Waals surface area contributed by atoms with Crippen molar-refractivity contribution >= 4 is 56.8 Å². The molecule has 0 radical (unpaired) electrons. The van der Waals surface area contributed by atoms with E-state index in [-0.39, 0.29) is 0 Å². The zero-order valence-electron chi connectivity index (χ0n) is 9.78. The number of halogens is 3. The fraction of sp³-hybridized carbons (Fsp3) is 0.0714. The predicted octanol–water partition coefficient (Wildman–Crippen LogP) is 5.02. The first-order chi connectivity index (χ1) is 9.19. The van der Waals surface area contributed by atoms with Crippen molar-refractivity contribution in [3.63, 3.8) is 0 Å². The monoisotopic (exact) mass is 402 g/mol. The van der Waals surface area contributed by atoms with Gasteiger partial charge in [-0.1, -0.05) is 11.6 Å². The molecular formula is C14H9Cl2IN2. The van der Waals surface area contributed by atoms with Gasteiger partial charge in [-0.3, -0.25) is 4.57 Å². The van der Waals surface area contributed by atoms with Crippen molar-refractivity contribution < 1.29 is 0 Å². The molecule has 0 aliphatic heterocycles. The summed E-state index contributed by atoms with van der Waals surface area (Å²) in [6, 6.07) is 13.9. The van der Waals surface area contributed by atoms with E-state index in [0.717, 1.165) is 22.5 Å². The molecule has 2 nitrogen and oxygen atoms in total. The first kappa shape index (κ1) is 13.2. The molecule has 0 amide bonds. The summed E-state index contributed by atoms with van der Waals surface area (Å²) in [7, 11) is 0. The highest BCUT2D eigenvalue weighted by Gasteiger charge is 2.11. The maximum atomic E-state index is 6.08. The highest BCUT2D eigenvalue weighted by molar-refractivity contribution is 14.1. The second-order valence-corrected chi connectivity index (χ2v) is 6.06. The lowest BCUT2D eigenvalue weighted by Gasteiger charge is -2.08. The van der Waals surface area contributed by atoms with Crippen molar-refractivity contribution in [3.05, 3.63) is 56.9 Å². The van der Waals surface area contributed by atoms with Gasteiger partial charge in [0.25, 0.3) is 0 Å². The number of imidazole rings is 1. The lowest BCUT2D eigenvalue weighted by molar-refractivity contribution is 0.981. The summed E-state index contributed by atoms with van der Waals surface area (Å²) >= 11 is 14.4. The number of rotatable bonds is 2. The molecule has 0 saturated carbocycles. The smallest absolute Gasteiger partial charge is 0.129 e. The van der Waals surface area contributed by atoms with E-state index in [4.69, 9.17) is 23.2 Å². The summed E-state index contributed by atoms with van der Waals surface area (Å²) in [4.78, 5) is 4.54. The lowest BCUT2D eigenvalue weighted by atomic mass is 10.3. The minimum atomic E-state index is 0.359. The van der Waals surface area contributed by atoms with Gasteiger partial charge >= 0.3 is 0 Å². The molecule has 0 aliphatic carbocycles. The van der Waals surface area contributed by atoms with Gasteiger partial charge < -0.3 is 0 Å². The van der Waals surface area contributed by atoms with Crippen LogP contribution in [0.4, 0.5) is 0 Å². The Morgan fingerprint density at radius 3 is 2.53 bits per heavy atom. The Hall–Kier alpha value is -0.780. The van der Waals surface area contributed by atoms with Gasteiger partial charge in [0.1, 0.15) is 5.82 Å². The molecule has 19 heavy (non-hydrogen) atoms. The van der Waals surface area contributed by atoms with Gasteiger partial charge in [0.05, 0.1) is 16.9 Å². The number of fused-ring (bicyclic) bond motifs is 1. The van der Waals surface area contributed by atoms with Gasteiger partial charge in [0, 0.05) is 14.3 Å². The number of nitrogens with zero attached hydrogens (tertiary/aromatic N) is 2. The van der Waals surface area contributed by atoms with Gasteiger partial charge in [-0.25, -0.2) is 4.98 Å². The van der Waals surface area contributed by atoms with Crippen LogP contribution >= 0.6 is 45.8 Å². The van der Waals surface area contributed by atoms with Crippen LogP contribution in [-0.2, 0) is 5.88 Å². The van der Waals surface area contributed by atoms with Crippen molar-refractivity contribution in [3.8, 4) is 5.69 Å². The molecule has 5 heteroatoms. The van der Waals surface area contributed by atoms with Crippen LogP contribution in [0, 0.1) is 3.57 Å². The van der Waals surface area contributed by atoms with Crippen LogP contribution in [0.1, 0.15) is 5.82 Å². The van der Waals surface area contributed by atoms with Crippen molar-refractivity contribution in [2.75, 3.05) is 0 Å². The maximum absolute atomic E-state index is 6.08. The number of aromatic nitrogens is 2. The van der Waals surface area contributed by atoms with Gasteiger partial charge in [-0.2, -0.15) is 0 Å². The number of hydrogen-bond donors (Lipinski definition) is 0. The van der Waals surface area contributed by atoms with Crippen LogP contribution in [0.5, 0.6) is 0 Å². The largest absolute Gasteiger partial charge is 0.295 e. The highest BCUT2D eigenvalue weighted by atomic mass is 127. The fourth-order valence-electron chi connectivity index (χ4n) is 2.07. The first-order valence-corrected chi connectivity index (χ1v) is 7.67. The van der Waals surface area contributed by atoms with Crippen LogP contribution in [0.2, 0.25) is 5.02 Å². The molecule has 1 heterocycles. The molecular weight excluding hydrogens is 394 g/mol. The molecule has 3 aromatic rings. The topological polar surface area (TPSA) is 17.8 Å². The Morgan fingerprint density at radius 1 is 1.11 bits per heavy atom. The Kier molecular flexibility index (Phi) is 3.69. The lowest BCUT2D eigenvalue weighted by Crippen LogP contribution is -1.99. The van der Waals surface area contributed by atoms with Crippen LogP contribution in [-0.4, -0.2) is 9.55 Å². The SMILES string of the molecule is ClCc1nc2ccc(Cl)cc2n1-c1ccc(I)cc1. The summed E-state index contributed by atoms with van der Waals surface area (Å²) in [5.41, 5.74) is 2.92. The average molecular weight is 403 g/mol. The summed E-state index contributed by atoms with van der Waals surface area (Å²) in [6.07, 6.45) is 0. The van der Waals surface area contributed by atoms with Gasteiger partial charge in [-0.05, 0) is 65.1 Å². The Labute approximate surface area is 134 Å². The van der Waals surface area contributed by atoms with Crippen LogP contribution < -0.4 is 0 Å². The molecule has 0 bridgehead atoms. The standard InChI is InChI=1S/C14H9Cl2IN2/c15-8-14-18-12-6-1-9(16)7-13(12)19(14)11-4-2-10(17)3-5-11/h1-7H,8H2. The Bertz CT molecular complexity index is 735. The third kappa shape index (κ3) is 2.47. The number of alkyl halides is 1. The maximum Gasteiger partial charge on any atom is 0.129 e. The second kappa shape index (κ2) is 5.31. The molecule has 1 aromatic heterocycles. The van der Waals surface area contributed by atoms with Crippen molar-refractivity contribution in [1.29, 1.82) is 0 Å². The second-order valence-electron chi connectivity index (χ2n) is 4.11. The summed E-state index contributed by atoms with van der Waals surface area (Å²) in [5, 5.41) is 0.695. The van der Waals surface area contributed by atoms with Gasteiger partial charge in [0.2, 0.25) is 0 Å². The Balaban J connectivity index is 2.31. The van der Waals surface area contributed by atoms with E-state index in [1.807, 2.05) is 22.8 Å². The molecule has 96 valence electrons. The predicted molar refractivity (Wildman–Crippen MR) is 88.4 cm³/mol. The average Bonchev–Trinajstić information content (AvgIpc) is 2.77. The quantitative estimate of drug-likeness (QED) is 0.434. The molecule has 0 fully saturated rings. The fourth-order valence-corrected chi connectivity index (χ4v) is 2.77. The van der Waals surface area contributed by atoms with Crippen molar-refractivity contribution in [2.24, 2.45) is 0 Å². The van der Waals surface area contributed by atoms with E-state index in [2.05, 4.69) is 51.8 Å². The zero-order chi connectivity index (χ0) is 13.4. The zero-order valence-corrected chi connectivity index (χ0v) is 13.4. The summed E-state index contributed by atoms with van der Waals surface area (Å²) in [5.74, 6) is 1.18. The number of benzene rings is 2. The van der Waals surface area contributed by atoms with Crippen molar-refractivity contribution in [1.82, 2.24) is 9.55 Å². The highest BCUT2D eigenvalue weighted by Crippen LogP contribution is 2.25. The summed E-state index contributed by atoms with van der Waals surface area (Å²) in [6.45, 7) is 0. The molecule has 0 spiro atoms. The number of hydrogen-bond acceptors (Lipinski definition) is 1. The van der Waals surface area contributed by atoms with E-state index in [1.165, 1.54) is 3.57 Å². The molecule has 3 rings (SSSR count). The third-order valence-corrected chi connectivity index (χ3v) is 4.08. The minimum Gasteiger partial charge on any atom is -0.295 e. The third-order valence-electron chi connectivity index (χ3n) is 2.89. The Morgan fingerprint density at radius 2 is 1.84 bits per heavy atom. The van der Waals surface area contributed by atoms with Gasteiger partial charge in [-0.15, -0.1) is 11.6 Å². The van der Waals surface area contributed by atoms with Gasteiger partial charge in [0.15, 0.2) is 0 Å². The van der Waals surface area contributed by atoms with E-state index >= 15 is 0 Å².